The van der Waals surface area contributed by atoms with Crippen LogP contribution in [0.15, 0.2) is 42.5 Å². The summed E-state index contributed by atoms with van der Waals surface area (Å²) in [6, 6.07) is 12.0. The highest BCUT2D eigenvalue weighted by atomic mass is 35.5. The van der Waals surface area contributed by atoms with Gasteiger partial charge in [-0.05, 0) is 43.0 Å². The lowest BCUT2D eigenvalue weighted by molar-refractivity contribution is -0.143. The van der Waals surface area contributed by atoms with Crippen molar-refractivity contribution in [2.75, 3.05) is 13.2 Å². The van der Waals surface area contributed by atoms with E-state index in [1.165, 1.54) is 4.90 Å². The zero-order valence-electron chi connectivity index (χ0n) is 18.5. The molecule has 1 N–H and O–H groups in total. The molecule has 0 aromatic heterocycles. The Morgan fingerprint density at radius 3 is 2.29 bits per heavy atom. The molecule has 5 nitrogen and oxygen atoms in total. The van der Waals surface area contributed by atoms with Crippen LogP contribution in [0.1, 0.15) is 38.3 Å². The number of para-hydroxylation sites is 1. The molecule has 168 valence electrons. The van der Waals surface area contributed by atoms with Gasteiger partial charge in [0.2, 0.25) is 5.91 Å². The van der Waals surface area contributed by atoms with Gasteiger partial charge < -0.3 is 15.0 Å². The second kappa shape index (κ2) is 12.0. The minimum absolute atomic E-state index is 0.113. The van der Waals surface area contributed by atoms with Crippen molar-refractivity contribution in [3.63, 3.8) is 0 Å². The second-order valence-corrected chi connectivity index (χ2v) is 8.65. The number of hydrogen-bond acceptors (Lipinski definition) is 3. The summed E-state index contributed by atoms with van der Waals surface area (Å²) in [6.45, 7) is 8.27. The van der Waals surface area contributed by atoms with Crippen LogP contribution in [0.2, 0.25) is 10.0 Å². The van der Waals surface area contributed by atoms with Gasteiger partial charge in [-0.25, -0.2) is 0 Å². The first-order chi connectivity index (χ1) is 14.7. The Hall–Kier alpha value is -2.24. The van der Waals surface area contributed by atoms with Crippen LogP contribution in [-0.4, -0.2) is 35.9 Å². The zero-order valence-corrected chi connectivity index (χ0v) is 20.0. The van der Waals surface area contributed by atoms with Crippen molar-refractivity contribution in [2.24, 2.45) is 5.92 Å². The normalized spacial score (nSPS) is 11.8. The molecule has 0 heterocycles. The highest BCUT2D eigenvalue weighted by Crippen LogP contribution is 2.27. The number of carbonyl (C=O) groups is 2. The summed E-state index contributed by atoms with van der Waals surface area (Å²) in [5.74, 6) is 0.409. The van der Waals surface area contributed by atoms with E-state index in [4.69, 9.17) is 27.9 Å². The molecule has 0 bridgehead atoms. The van der Waals surface area contributed by atoms with Crippen molar-refractivity contribution in [3.05, 3.63) is 63.6 Å². The number of hydrogen-bond donors (Lipinski definition) is 1. The van der Waals surface area contributed by atoms with Gasteiger partial charge in [0, 0.05) is 28.7 Å². The van der Waals surface area contributed by atoms with E-state index in [9.17, 15) is 9.59 Å². The fourth-order valence-electron chi connectivity index (χ4n) is 3.14. The third kappa shape index (κ3) is 7.15. The van der Waals surface area contributed by atoms with E-state index in [1.807, 2.05) is 52.0 Å². The van der Waals surface area contributed by atoms with E-state index in [1.54, 1.807) is 18.2 Å². The first kappa shape index (κ1) is 25.0. The standard InChI is InChI=1S/C24H30Cl2N2O3/c1-5-21(24(30)27-13-16(2)3)28(14-18-19(25)10-8-11-20(18)26)23(29)15-31-22-12-7-6-9-17(22)4/h6-12,16,21H,5,13-15H2,1-4H3,(H,27,30). The minimum Gasteiger partial charge on any atom is -0.484 e. The smallest absolute Gasteiger partial charge is 0.261 e. The number of carbonyl (C=O) groups excluding carboxylic acids is 2. The molecule has 0 saturated carbocycles. The summed E-state index contributed by atoms with van der Waals surface area (Å²) in [4.78, 5) is 27.6. The van der Waals surface area contributed by atoms with E-state index in [0.29, 0.717) is 40.2 Å². The molecule has 7 heteroatoms. The number of amides is 2. The van der Waals surface area contributed by atoms with Gasteiger partial charge in [0.25, 0.3) is 5.91 Å². The number of halogens is 2. The molecule has 0 aliphatic rings. The van der Waals surface area contributed by atoms with E-state index in [-0.39, 0.29) is 25.0 Å². The largest absolute Gasteiger partial charge is 0.484 e. The average molecular weight is 465 g/mol. The molecule has 0 aliphatic carbocycles. The van der Waals surface area contributed by atoms with Crippen LogP contribution < -0.4 is 10.1 Å². The summed E-state index contributed by atoms with van der Waals surface area (Å²) in [6.07, 6.45) is 0.447. The van der Waals surface area contributed by atoms with Crippen LogP contribution >= 0.6 is 23.2 Å². The molecule has 1 atom stereocenters. The lowest BCUT2D eigenvalue weighted by Gasteiger charge is -2.31. The summed E-state index contributed by atoms with van der Waals surface area (Å²) in [5.41, 5.74) is 1.53. The maximum atomic E-state index is 13.2. The predicted octanol–water partition coefficient (Wildman–Crippen LogP) is 5.26. The molecule has 0 aliphatic heterocycles. The molecular formula is C24H30Cl2N2O3. The molecule has 0 saturated heterocycles. The Labute approximate surface area is 194 Å². The second-order valence-electron chi connectivity index (χ2n) is 7.84. The summed E-state index contributed by atoms with van der Waals surface area (Å²) in [5, 5.41) is 3.82. The molecule has 0 fully saturated rings. The number of aryl methyl sites for hydroxylation is 1. The topological polar surface area (TPSA) is 58.6 Å². The van der Waals surface area contributed by atoms with E-state index < -0.39 is 6.04 Å². The Bertz CT molecular complexity index is 882. The zero-order chi connectivity index (χ0) is 23.0. The maximum absolute atomic E-state index is 13.2. The van der Waals surface area contributed by atoms with Crippen LogP contribution in [0.4, 0.5) is 0 Å². The summed E-state index contributed by atoms with van der Waals surface area (Å²) in [7, 11) is 0. The molecule has 1 unspecified atom stereocenters. The molecule has 0 radical (unpaired) electrons. The SMILES string of the molecule is CCC(C(=O)NCC(C)C)N(Cc1c(Cl)cccc1Cl)C(=O)COc1ccccc1C. The summed E-state index contributed by atoms with van der Waals surface area (Å²) >= 11 is 12.7. The number of nitrogens with one attached hydrogen (secondary N) is 1. The van der Waals surface area contributed by atoms with Gasteiger partial charge in [0.05, 0.1) is 0 Å². The molecule has 31 heavy (non-hydrogen) atoms. The van der Waals surface area contributed by atoms with Gasteiger partial charge in [-0.3, -0.25) is 9.59 Å². The highest BCUT2D eigenvalue weighted by molar-refractivity contribution is 6.36. The monoisotopic (exact) mass is 464 g/mol. The van der Waals surface area contributed by atoms with Crippen molar-refractivity contribution in [3.8, 4) is 5.75 Å². The summed E-state index contributed by atoms with van der Waals surface area (Å²) < 4.78 is 5.76. The van der Waals surface area contributed by atoms with Crippen molar-refractivity contribution < 1.29 is 14.3 Å². The lowest BCUT2D eigenvalue weighted by atomic mass is 10.1. The quantitative estimate of drug-likeness (QED) is 0.521. The number of rotatable bonds is 10. The van der Waals surface area contributed by atoms with Gasteiger partial charge in [0.15, 0.2) is 6.61 Å². The Morgan fingerprint density at radius 1 is 1.06 bits per heavy atom. The molecule has 2 aromatic carbocycles. The third-order valence-electron chi connectivity index (χ3n) is 4.91. The van der Waals surface area contributed by atoms with Gasteiger partial charge in [-0.2, -0.15) is 0 Å². The fraction of sp³-hybridized carbons (Fsp3) is 0.417. The van der Waals surface area contributed by atoms with Gasteiger partial charge in [-0.1, -0.05) is 68.2 Å². The van der Waals surface area contributed by atoms with Crippen molar-refractivity contribution >= 4 is 35.0 Å². The first-order valence-electron chi connectivity index (χ1n) is 10.4. The first-order valence-corrected chi connectivity index (χ1v) is 11.2. The molecule has 2 amide bonds. The van der Waals surface area contributed by atoms with Crippen LogP contribution in [0, 0.1) is 12.8 Å². The van der Waals surface area contributed by atoms with Crippen LogP contribution in [0.5, 0.6) is 5.75 Å². The van der Waals surface area contributed by atoms with Crippen molar-refractivity contribution in [1.29, 1.82) is 0 Å². The Morgan fingerprint density at radius 2 is 1.71 bits per heavy atom. The minimum atomic E-state index is -0.668. The number of benzene rings is 2. The van der Waals surface area contributed by atoms with E-state index >= 15 is 0 Å². The van der Waals surface area contributed by atoms with Crippen LogP contribution in [0.25, 0.3) is 0 Å². The third-order valence-corrected chi connectivity index (χ3v) is 5.61. The van der Waals surface area contributed by atoms with E-state index in [0.717, 1.165) is 5.56 Å². The average Bonchev–Trinajstić information content (AvgIpc) is 2.73. The van der Waals surface area contributed by atoms with Gasteiger partial charge in [0.1, 0.15) is 11.8 Å². The van der Waals surface area contributed by atoms with E-state index in [2.05, 4.69) is 5.32 Å². The molecule has 2 rings (SSSR count). The Kier molecular flexibility index (Phi) is 9.66. The van der Waals surface area contributed by atoms with Crippen molar-refractivity contribution in [1.82, 2.24) is 10.2 Å². The highest BCUT2D eigenvalue weighted by Gasteiger charge is 2.30. The van der Waals surface area contributed by atoms with Crippen molar-refractivity contribution in [2.45, 2.75) is 46.7 Å². The molecule has 0 spiro atoms. The predicted molar refractivity (Wildman–Crippen MR) is 126 cm³/mol. The van der Waals surface area contributed by atoms with Crippen LogP contribution in [0.3, 0.4) is 0 Å². The Balaban J connectivity index is 2.28. The number of ether oxygens (including phenoxy) is 1. The molecule has 2 aromatic rings. The lowest BCUT2D eigenvalue weighted by Crippen LogP contribution is -2.50. The fourth-order valence-corrected chi connectivity index (χ4v) is 3.65. The van der Waals surface area contributed by atoms with Gasteiger partial charge >= 0.3 is 0 Å². The van der Waals surface area contributed by atoms with Crippen LogP contribution in [-0.2, 0) is 16.1 Å². The van der Waals surface area contributed by atoms with Gasteiger partial charge in [-0.15, -0.1) is 0 Å². The molecular weight excluding hydrogens is 435 g/mol. The maximum Gasteiger partial charge on any atom is 0.261 e. The number of nitrogens with zero attached hydrogens (tertiary/aromatic N) is 1.